The van der Waals surface area contributed by atoms with E-state index >= 15 is 0 Å². The second kappa shape index (κ2) is 10.2. The molecule has 4 unspecified atom stereocenters. The van der Waals surface area contributed by atoms with Crippen LogP contribution < -0.4 is 4.74 Å². The van der Waals surface area contributed by atoms with Gasteiger partial charge in [-0.25, -0.2) is 0 Å². The number of benzene rings is 2. The van der Waals surface area contributed by atoms with Crippen LogP contribution in [0.15, 0.2) is 61.2 Å². The lowest BCUT2D eigenvalue weighted by Gasteiger charge is -2.66. The number of nitrogens with zero attached hydrogens (tertiary/aromatic N) is 3. The van der Waals surface area contributed by atoms with Gasteiger partial charge in [-0.15, -0.1) is 6.58 Å². The zero-order valence-corrected chi connectivity index (χ0v) is 21.4. The molecule has 5 saturated heterocycles. The second-order valence-corrected chi connectivity index (χ2v) is 10.1. The van der Waals surface area contributed by atoms with Crippen LogP contribution in [0.2, 0.25) is 0 Å². The summed E-state index contributed by atoms with van der Waals surface area (Å²) in [6.07, 6.45) is 7.12. The molecule has 2 aromatic rings. The van der Waals surface area contributed by atoms with Gasteiger partial charge in [-0.3, -0.25) is 14.6 Å². The molecule has 2 aromatic carbocycles. The number of piperazine rings is 1. The highest BCUT2D eigenvalue weighted by Crippen LogP contribution is 2.50. The molecule has 1 amide bonds. The smallest absolute Gasteiger partial charge is 0.253 e. The van der Waals surface area contributed by atoms with Crippen LogP contribution in [-0.4, -0.2) is 71.5 Å². The predicted molar refractivity (Wildman–Crippen MR) is 141 cm³/mol. The SMILES string of the molecule is C=CCN1C2CC[C@H]3C1CCC2N3C(c1ccc(C(=O)N(CC)CC)cc1)c1cccc(OC)c1. The average molecular weight is 474 g/mol. The van der Waals surface area contributed by atoms with Gasteiger partial charge in [0, 0.05) is 49.4 Å². The van der Waals surface area contributed by atoms with Crippen molar-refractivity contribution in [2.45, 2.75) is 69.7 Å². The molecule has 5 heteroatoms. The molecule has 0 radical (unpaired) electrons. The molecule has 0 saturated carbocycles. The first kappa shape index (κ1) is 24.1. The zero-order chi connectivity index (χ0) is 24.5. The van der Waals surface area contributed by atoms with Crippen molar-refractivity contribution < 1.29 is 9.53 Å². The van der Waals surface area contributed by atoms with E-state index in [0.29, 0.717) is 24.2 Å². The van der Waals surface area contributed by atoms with E-state index in [1.165, 1.54) is 36.8 Å². The maximum atomic E-state index is 12.9. The third-order valence-electron chi connectivity index (χ3n) is 8.59. The van der Waals surface area contributed by atoms with Gasteiger partial charge in [-0.2, -0.15) is 0 Å². The van der Waals surface area contributed by atoms with E-state index in [9.17, 15) is 4.79 Å². The van der Waals surface area contributed by atoms with Gasteiger partial charge >= 0.3 is 0 Å². The van der Waals surface area contributed by atoms with Crippen molar-refractivity contribution in [2.75, 3.05) is 26.7 Å². The van der Waals surface area contributed by atoms with Gasteiger partial charge in [0.05, 0.1) is 13.2 Å². The van der Waals surface area contributed by atoms with Gasteiger partial charge in [0.2, 0.25) is 0 Å². The zero-order valence-electron chi connectivity index (χ0n) is 21.4. The summed E-state index contributed by atoms with van der Waals surface area (Å²) < 4.78 is 5.61. The van der Waals surface area contributed by atoms with Gasteiger partial charge in [0.1, 0.15) is 5.75 Å². The Kier molecular flexibility index (Phi) is 6.99. The molecule has 0 spiro atoms. The summed E-state index contributed by atoms with van der Waals surface area (Å²) in [4.78, 5) is 20.4. The number of hydrogen-bond acceptors (Lipinski definition) is 4. The summed E-state index contributed by atoms with van der Waals surface area (Å²) >= 11 is 0. The summed E-state index contributed by atoms with van der Waals surface area (Å²) in [6.45, 7) is 10.5. The van der Waals surface area contributed by atoms with Gasteiger partial charge in [0.25, 0.3) is 5.91 Å². The maximum absolute atomic E-state index is 12.9. The van der Waals surface area contributed by atoms with E-state index in [1.54, 1.807) is 7.11 Å². The fourth-order valence-electron chi connectivity index (χ4n) is 7.07. The first-order valence-corrected chi connectivity index (χ1v) is 13.3. The van der Waals surface area contributed by atoms with E-state index in [4.69, 9.17) is 4.74 Å². The van der Waals surface area contributed by atoms with Crippen molar-refractivity contribution >= 4 is 5.91 Å². The van der Waals surface area contributed by atoms with Crippen LogP contribution in [0, 0.1) is 0 Å². The predicted octanol–water partition coefficient (Wildman–Crippen LogP) is 5.13. The Labute approximate surface area is 210 Å². The van der Waals surface area contributed by atoms with Gasteiger partial charge in [0.15, 0.2) is 0 Å². The topological polar surface area (TPSA) is 36.0 Å². The van der Waals surface area contributed by atoms with E-state index in [0.717, 1.165) is 30.9 Å². The molecule has 7 rings (SSSR count). The van der Waals surface area contributed by atoms with Crippen LogP contribution >= 0.6 is 0 Å². The van der Waals surface area contributed by atoms with Crippen molar-refractivity contribution in [1.82, 2.24) is 14.7 Å². The van der Waals surface area contributed by atoms with E-state index in [-0.39, 0.29) is 11.9 Å². The van der Waals surface area contributed by atoms with Crippen LogP contribution in [0.5, 0.6) is 5.75 Å². The Hall–Kier alpha value is -2.63. The summed E-state index contributed by atoms with van der Waals surface area (Å²) in [5.74, 6) is 0.997. The van der Waals surface area contributed by atoms with Crippen molar-refractivity contribution in [3.63, 3.8) is 0 Å². The number of fused-ring (bicyclic) bond motifs is 2. The van der Waals surface area contributed by atoms with E-state index in [2.05, 4.69) is 52.8 Å². The van der Waals surface area contributed by atoms with Gasteiger partial charge in [-0.1, -0.05) is 30.3 Å². The number of amides is 1. The number of piperidine rings is 4. The summed E-state index contributed by atoms with van der Waals surface area (Å²) in [5.41, 5.74) is 3.28. The number of hydrogen-bond donors (Lipinski definition) is 0. The third kappa shape index (κ3) is 4.19. The van der Waals surface area contributed by atoms with Crippen molar-refractivity contribution in [3.05, 3.63) is 77.9 Å². The van der Waals surface area contributed by atoms with Crippen LogP contribution in [0.3, 0.4) is 0 Å². The fraction of sp³-hybridized carbons (Fsp3) is 0.500. The fourth-order valence-corrected chi connectivity index (χ4v) is 7.07. The molecule has 5 atom stereocenters. The minimum atomic E-state index is 0.107. The first-order valence-electron chi connectivity index (χ1n) is 13.3. The molecule has 0 aliphatic carbocycles. The number of carbonyl (C=O) groups excluding carboxylic acids is 1. The monoisotopic (exact) mass is 473 g/mol. The summed E-state index contributed by atoms with van der Waals surface area (Å²) in [7, 11) is 1.74. The number of ether oxygens (including phenoxy) is 1. The highest BCUT2D eigenvalue weighted by atomic mass is 16.5. The molecular weight excluding hydrogens is 434 g/mol. The maximum Gasteiger partial charge on any atom is 0.253 e. The quantitative estimate of drug-likeness (QED) is 0.473. The van der Waals surface area contributed by atoms with E-state index < -0.39 is 0 Å². The van der Waals surface area contributed by atoms with Gasteiger partial charge in [-0.05, 0) is 74.9 Å². The molecule has 5 nitrogen and oxygen atoms in total. The highest BCUT2D eigenvalue weighted by molar-refractivity contribution is 5.94. The largest absolute Gasteiger partial charge is 0.497 e. The standard InChI is InChI=1S/C30H39N3O2/c1-5-19-32-25-15-17-27-26(32)16-18-28(25)33(27)29(23-9-8-10-24(20-23)35-4)21-11-13-22(14-12-21)30(34)31(6-2)7-3/h5,8-14,20,25-29H,1,6-7,15-19H2,2-4H3/t25?,26?,27-,28?,29?/m0/s1. The molecule has 0 aromatic heterocycles. The summed E-state index contributed by atoms with van der Waals surface area (Å²) in [6, 6.07) is 19.3. The molecule has 0 N–H and O–H groups in total. The highest BCUT2D eigenvalue weighted by Gasteiger charge is 2.56. The molecule has 5 heterocycles. The van der Waals surface area contributed by atoms with E-state index in [1.807, 2.05) is 36.9 Å². The lowest BCUT2D eigenvalue weighted by Crippen LogP contribution is -2.75. The van der Waals surface area contributed by atoms with Crippen molar-refractivity contribution in [2.24, 2.45) is 0 Å². The van der Waals surface area contributed by atoms with Crippen LogP contribution in [0.25, 0.3) is 0 Å². The minimum absolute atomic E-state index is 0.107. The van der Waals surface area contributed by atoms with Crippen LogP contribution in [-0.2, 0) is 0 Å². The second-order valence-electron chi connectivity index (χ2n) is 10.1. The van der Waals surface area contributed by atoms with Crippen molar-refractivity contribution in [1.29, 1.82) is 0 Å². The lowest BCUT2D eigenvalue weighted by molar-refractivity contribution is -0.151. The molecular formula is C30H39N3O2. The molecule has 4 bridgehead atoms. The first-order chi connectivity index (χ1) is 17.1. The molecule has 5 aliphatic heterocycles. The Morgan fingerprint density at radius 1 is 1.00 bits per heavy atom. The third-order valence-corrected chi connectivity index (χ3v) is 8.59. The molecule has 186 valence electrons. The summed E-state index contributed by atoms with van der Waals surface area (Å²) in [5, 5.41) is 0. The van der Waals surface area contributed by atoms with Crippen molar-refractivity contribution in [3.8, 4) is 5.75 Å². The number of methoxy groups -OCH3 is 1. The Balaban J connectivity index is 1.53. The molecule has 35 heavy (non-hydrogen) atoms. The molecule has 5 fully saturated rings. The Bertz CT molecular complexity index is 1030. The van der Waals surface area contributed by atoms with Crippen LogP contribution in [0.1, 0.15) is 67.1 Å². The number of carbonyl (C=O) groups is 1. The normalized spacial score (nSPS) is 26.5. The number of rotatable bonds is 9. The van der Waals surface area contributed by atoms with Crippen LogP contribution in [0.4, 0.5) is 0 Å². The minimum Gasteiger partial charge on any atom is -0.497 e. The lowest BCUT2D eigenvalue weighted by atomic mass is 9.69. The Morgan fingerprint density at radius 2 is 1.63 bits per heavy atom. The average Bonchev–Trinajstić information content (AvgIpc) is 2.90. The molecule has 5 aliphatic rings. The Morgan fingerprint density at radius 3 is 2.20 bits per heavy atom. The van der Waals surface area contributed by atoms with Gasteiger partial charge < -0.3 is 9.64 Å².